The molecule has 3 nitrogen and oxygen atoms in total. The minimum absolute atomic E-state index is 0.0674. The van der Waals surface area contributed by atoms with Crippen LogP contribution in [-0.2, 0) is 4.79 Å². The molecule has 1 atom stereocenters. The number of thioether (sulfide) groups is 1. The molecule has 3 aromatic carbocycles. The number of nitrogens with one attached hydrogen (secondary N) is 1. The predicted octanol–water partition coefficient (Wildman–Crippen LogP) is 4.87. The van der Waals surface area contributed by atoms with Gasteiger partial charge in [0.2, 0.25) is 5.91 Å². The third kappa shape index (κ3) is 5.07. The Morgan fingerprint density at radius 3 is 1.92 bits per heavy atom. The molecule has 0 aliphatic carbocycles. The number of carbonyl (C=O) groups is 2. The van der Waals surface area contributed by atoms with Gasteiger partial charge in [0.25, 0.3) is 5.91 Å². The number of benzene rings is 3. The Kier molecular flexibility index (Phi) is 6.23. The highest BCUT2D eigenvalue weighted by Crippen LogP contribution is 2.37. The van der Waals surface area contributed by atoms with Gasteiger partial charge in [0, 0.05) is 22.1 Å². The van der Waals surface area contributed by atoms with Crippen LogP contribution in [0.15, 0.2) is 95.9 Å². The fourth-order valence-corrected chi connectivity index (χ4v) is 3.74. The van der Waals surface area contributed by atoms with E-state index >= 15 is 0 Å². The van der Waals surface area contributed by atoms with Crippen molar-refractivity contribution in [2.45, 2.75) is 16.6 Å². The number of amides is 2. The van der Waals surface area contributed by atoms with Gasteiger partial charge in [-0.2, -0.15) is 0 Å². The van der Waals surface area contributed by atoms with Crippen LogP contribution in [0.1, 0.15) is 27.6 Å². The van der Waals surface area contributed by atoms with Gasteiger partial charge < -0.3 is 0 Å². The first-order valence-corrected chi connectivity index (χ1v) is 9.26. The van der Waals surface area contributed by atoms with Crippen molar-refractivity contribution in [2.75, 3.05) is 0 Å². The lowest BCUT2D eigenvalue weighted by Gasteiger charge is -2.16. The standard InChI is InChI=1S/C22H19NO2S/c24-21(23-22(25)18-12-6-2-7-13-18)16-20(17-10-4-1-5-11-17)26-19-14-8-3-9-15-19/h1-15,20H,16H2,(H,23,24,25)/t20-/m1/s1. The van der Waals surface area contributed by atoms with Crippen molar-refractivity contribution >= 4 is 23.6 Å². The van der Waals surface area contributed by atoms with Gasteiger partial charge in [-0.05, 0) is 29.8 Å². The third-order valence-corrected chi connectivity index (χ3v) is 5.12. The highest BCUT2D eigenvalue weighted by molar-refractivity contribution is 7.99. The summed E-state index contributed by atoms with van der Waals surface area (Å²) in [5, 5.41) is 2.42. The van der Waals surface area contributed by atoms with Gasteiger partial charge in [-0.15, -0.1) is 11.8 Å². The molecule has 0 saturated carbocycles. The summed E-state index contributed by atoms with van der Waals surface area (Å²) in [6.07, 6.45) is 0.224. The van der Waals surface area contributed by atoms with E-state index in [9.17, 15) is 9.59 Å². The highest BCUT2D eigenvalue weighted by Gasteiger charge is 2.19. The molecule has 3 rings (SSSR count). The van der Waals surface area contributed by atoms with E-state index < -0.39 is 0 Å². The van der Waals surface area contributed by atoms with Crippen LogP contribution in [0.4, 0.5) is 0 Å². The normalized spacial score (nSPS) is 11.5. The minimum Gasteiger partial charge on any atom is -0.292 e. The summed E-state index contributed by atoms with van der Waals surface area (Å²) in [4.78, 5) is 25.7. The van der Waals surface area contributed by atoms with Gasteiger partial charge in [-0.25, -0.2) is 0 Å². The largest absolute Gasteiger partial charge is 0.292 e. The fraction of sp³-hybridized carbons (Fsp3) is 0.0909. The van der Waals surface area contributed by atoms with Crippen LogP contribution >= 0.6 is 11.8 Å². The average molecular weight is 361 g/mol. The van der Waals surface area contributed by atoms with Crippen molar-refractivity contribution in [3.8, 4) is 0 Å². The van der Waals surface area contributed by atoms with E-state index in [1.54, 1.807) is 36.0 Å². The molecule has 0 unspecified atom stereocenters. The summed E-state index contributed by atoms with van der Waals surface area (Å²) in [6.45, 7) is 0. The Balaban J connectivity index is 1.71. The van der Waals surface area contributed by atoms with Gasteiger partial charge >= 0.3 is 0 Å². The summed E-state index contributed by atoms with van der Waals surface area (Å²) < 4.78 is 0. The van der Waals surface area contributed by atoms with Crippen molar-refractivity contribution in [1.29, 1.82) is 0 Å². The van der Waals surface area contributed by atoms with Crippen LogP contribution in [-0.4, -0.2) is 11.8 Å². The van der Waals surface area contributed by atoms with Crippen molar-refractivity contribution < 1.29 is 9.59 Å². The molecular weight excluding hydrogens is 342 g/mol. The van der Waals surface area contributed by atoms with E-state index in [0.29, 0.717) is 5.56 Å². The first-order chi connectivity index (χ1) is 12.7. The zero-order valence-corrected chi connectivity index (χ0v) is 15.0. The lowest BCUT2D eigenvalue weighted by Crippen LogP contribution is -2.31. The Labute approximate surface area is 157 Å². The Morgan fingerprint density at radius 1 is 0.769 bits per heavy atom. The fourth-order valence-electron chi connectivity index (χ4n) is 2.57. The zero-order chi connectivity index (χ0) is 18.2. The van der Waals surface area contributed by atoms with E-state index in [2.05, 4.69) is 5.32 Å². The van der Waals surface area contributed by atoms with Crippen molar-refractivity contribution in [3.05, 3.63) is 102 Å². The highest BCUT2D eigenvalue weighted by atomic mass is 32.2. The van der Waals surface area contributed by atoms with E-state index in [1.165, 1.54) is 0 Å². The van der Waals surface area contributed by atoms with Crippen LogP contribution in [0.2, 0.25) is 0 Å². The van der Waals surface area contributed by atoms with E-state index in [1.807, 2.05) is 66.7 Å². The van der Waals surface area contributed by atoms with Gasteiger partial charge in [0.1, 0.15) is 0 Å². The Morgan fingerprint density at radius 2 is 1.31 bits per heavy atom. The molecule has 0 heterocycles. The molecule has 0 aliphatic heterocycles. The molecule has 130 valence electrons. The van der Waals surface area contributed by atoms with Crippen molar-refractivity contribution in [2.24, 2.45) is 0 Å². The molecule has 0 radical (unpaired) electrons. The van der Waals surface area contributed by atoms with Crippen molar-refractivity contribution in [3.63, 3.8) is 0 Å². The second kappa shape index (κ2) is 9.02. The molecule has 4 heteroatoms. The van der Waals surface area contributed by atoms with E-state index in [4.69, 9.17) is 0 Å². The number of rotatable bonds is 6. The maximum Gasteiger partial charge on any atom is 0.257 e. The van der Waals surface area contributed by atoms with Gasteiger partial charge in [-0.1, -0.05) is 66.7 Å². The van der Waals surface area contributed by atoms with Gasteiger partial charge in [0.15, 0.2) is 0 Å². The Hall–Kier alpha value is -2.85. The quantitative estimate of drug-likeness (QED) is 0.637. The van der Waals surface area contributed by atoms with Crippen LogP contribution in [0, 0.1) is 0 Å². The number of hydrogen-bond acceptors (Lipinski definition) is 3. The average Bonchev–Trinajstić information content (AvgIpc) is 2.69. The summed E-state index contributed by atoms with van der Waals surface area (Å²) >= 11 is 1.62. The molecule has 3 aromatic rings. The zero-order valence-electron chi connectivity index (χ0n) is 14.2. The van der Waals surface area contributed by atoms with E-state index in [0.717, 1.165) is 10.5 Å². The molecule has 0 spiro atoms. The Bertz CT molecular complexity index is 851. The molecule has 0 aromatic heterocycles. The van der Waals surface area contributed by atoms with Crippen LogP contribution in [0.3, 0.4) is 0 Å². The summed E-state index contributed by atoms with van der Waals surface area (Å²) in [7, 11) is 0. The second-order valence-corrected chi connectivity index (χ2v) is 7.05. The molecule has 0 bridgehead atoms. The smallest absolute Gasteiger partial charge is 0.257 e. The molecule has 2 amide bonds. The van der Waals surface area contributed by atoms with Crippen molar-refractivity contribution in [1.82, 2.24) is 5.32 Å². The molecule has 1 N–H and O–H groups in total. The minimum atomic E-state index is -0.368. The predicted molar refractivity (Wildman–Crippen MR) is 105 cm³/mol. The monoisotopic (exact) mass is 361 g/mol. The maximum atomic E-state index is 12.5. The van der Waals surface area contributed by atoms with Crippen LogP contribution in [0.5, 0.6) is 0 Å². The summed E-state index contributed by atoms with van der Waals surface area (Å²) in [6, 6.07) is 28.6. The van der Waals surface area contributed by atoms with E-state index in [-0.39, 0.29) is 23.5 Å². The van der Waals surface area contributed by atoms with Gasteiger partial charge in [0.05, 0.1) is 0 Å². The number of hydrogen-bond donors (Lipinski definition) is 1. The molecule has 0 saturated heterocycles. The third-order valence-electron chi connectivity index (χ3n) is 3.85. The number of imide groups is 1. The first kappa shape index (κ1) is 18.0. The maximum absolute atomic E-state index is 12.5. The molecule has 0 aliphatic rings. The topological polar surface area (TPSA) is 46.2 Å². The van der Waals surface area contributed by atoms with Crippen LogP contribution < -0.4 is 5.32 Å². The first-order valence-electron chi connectivity index (χ1n) is 8.38. The summed E-state index contributed by atoms with van der Waals surface area (Å²) in [5.74, 6) is -0.650. The second-order valence-electron chi connectivity index (χ2n) is 5.78. The number of carbonyl (C=O) groups excluding carboxylic acids is 2. The molecule has 26 heavy (non-hydrogen) atoms. The van der Waals surface area contributed by atoms with Crippen LogP contribution in [0.25, 0.3) is 0 Å². The molecule has 0 fully saturated rings. The molecular formula is C22H19NO2S. The lowest BCUT2D eigenvalue weighted by atomic mass is 10.1. The van der Waals surface area contributed by atoms with Gasteiger partial charge in [-0.3, -0.25) is 14.9 Å². The SMILES string of the molecule is O=C(C[C@@H](Sc1ccccc1)c1ccccc1)NC(=O)c1ccccc1. The summed E-state index contributed by atoms with van der Waals surface area (Å²) in [5.41, 5.74) is 1.54. The lowest BCUT2D eigenvalue weighted by molar-refractivity contribution is -0.120.